The van der Waals surface area contributed by atoms with Crippen LogP contribution in [0, 0.1) is 5.92 Å². The minimum atomic E-state index is 0.221. The first kappa shape index (κ1) is 14.2. The largest absolute Gasteiger partial charge is 0.395 e. The molecule has 96 valence electrons. The lowest BCUT2D eigenvalue weighted by Gasteiger charge is -2.28. The average Bonchev–Trinajstić information content (AvgIpc) is 2.31. The lowest BCUT2D eigenvalue weighted by molar-refractivity contribution is 0.193. The molecule has 1 aromatic rings. The summed E-state index contributed by atoms with van der Waals surface area (Å²) in [5.74, 6) is 0.499. The van der Waals surface area contributed by atoms with Crippen molar-refractivity contribution in [1.29, 1.82) is 0 Å². The van der Waals surface area contributed by atoms with E-state index in [1.54, 1.807) is 0 Å². The van der Waals surface area contributed by atoms with Crippen LogP contribution in [0.4, 0.5) is 0 Å². The van der Waals surface area contributed by atoms with Gasteiger partial charge in [0, 0.05) is 19.1 Å². The van der Waals surface area contributed by atoms with Gasteiger partial charge in [-0.15, -0.1) is 0 Å². The molecule has 17 heavy (non-hydrogen) atoms. The Morgan fingerprint density at radius 3 is 2.47 bits per heavy atom. The van der Waals surface area contributed by atoms with Crippen molar-refractivity contribution in [3.05, 3.63) is 35.9 Å². The predicted molar refractivity (Wildman–Crippen MR) is 72.0 cm³/mol. The molecular weight excluding hydrogens is 212 g/mol. The van der Waals surface area contributed by atoms with Gasteiger partial charge in [0.2, 0.25) is 0 Å². The monoisotopic (exact) mass is 236 g/mol. The first-order valence-electron chi connectivity index (χ1n) is 6.20. The van der Waals surface area contributed by atoms with E-state index in [2.05, 4.69) is 41.4 Å². The molecular formula is C14H24N2O. The molecule has 1 aromatic carbocycles. The van der Waals surface area contributed by atoms with Crippen molar-refractivity contribution < 1.29 is 5.11 Å². The summed E-state index contributed by atoms with van der Waals surface area (Å²) in [4.78, 5) is 2.16. The van der Waals surface area contributed by atoms with Crippen LogP contribution in [-0.2, 0) is 0 Å². The molecule has 0 aliphatic heterocycles. The topological polar surface area (TPSA) is 35.5 Å². The van der Waals surface area contributed by atoms with Crippen molar-refractivity contribution in [3.8, 4) is 0 Å². The third-order valence-corrected chi connectivity index (χ3v) is 3.12. The molecule has 0 radical (unpaired) electrons. The summed E-state index contributed by atoms with van der Waals surface area (Å²) in [6.45, 7) is 4.16. The lowest BCUT2D eigenvalue weighted by atomic mass is 9.94. The first-order chi connectivity index (χ1) is 8.19. The van der Waals surface area contributed by atoms with E-state index in [0.717, 1.165) is 13.1 Å². The number of benzene rings is 1. The van der Waals surface area contributed by atoms with Gasteiger partial charge in [0.15, 0.2) is 0 Å². The van der Waals surface area contributed by atoms with Crippen LogP contribution in [0.5, 0.6) is 0 Å². The highest BCUT2D eigenvalue weighted by molar-refractivity contribution is 5.19. The zero-order valence-corrected chi connectivity index (χ0v) is 11.1. The van der Waals surface area contributed by atoms with Gasteiger partial charge in [-0.3, -0.25) is 0 Å². The van der Waals surface area contributed by atoms with Crippen molar-refractivity contribution in [3.63, 3.8) is 0 Å². The van der Waals surface area contributed by atoms with Gasteiger partial charge in [0.25, 0.3) is 0 Å². The molecule has 0 saturated carbocycles. The first-order valence-corrected chi connectivity index (χ1v) is 6.20. The second-order valence-corrected chi connectivity index (χ2v) is 4.64. The molecule has 3 nitrogen and oxygen atoms in total. The summed E-state index contributed by atoms with van der Waals surface area (Å²) in [6.07, 6.45) is 0. The van der Waals surface area contributed by atoms with E-state index < -0.39 is 0 Å². The Labute approximate surface area is 104 Å². The normalized spacial score (nSPS) is 14.9. The van der Waals surface area contributed by atoms with E-state index in [-0.39, 0.29) is 6.61 Å². The Balaban J connectivity index is 2.61. The minimum Gasteiger partial charge on any atom is -0.395 e. The van der Waals surface area contributed by atoms with Crippen LogP contribution in [0.25, 0.3) is 0 Å². The molecule has 0 heterocycles. The second kappa shape index (κ2) is 7.43. The molecule has 3 heteroatoms. The standard InChI is InChI=1S/C14H24N2O/c1-12(11-16(3)9-10-17)14(15-2)13-7-5-4-6-8-13/h4-8,12,14-15,17H,9-11H2,1-3H3. The highest BCUT2D eigenvalue weighted by atomic mass is 16.3. The van der Waals surface area contributed by atoms with Gasteiger partial charge in [-0.05, 0) is 25.6 Å². The van der Waals surface area contributed by atoms with Gasteiger partial charge in [0.1, 0.15) is 0 Å². The number of nitrogens with zero attached hydrogens (tertiary/aromatic N) is 1. The summed E-state index contributed by atoms with van der Waals surface area (Å²) in [6, 6.07) is 10.9. The fourth-order valence-electron chi connectivity index (χ4n) is 2.30. The number of aliphatic hydroxyl groups is 1. The fraction of sp³-hybridized carbons (Fsp3) is 0.571. The van der Waals surface area contributed by atoms with E-state index in [1.807, 2.05) is 20.2 Å². The van der Waals surface area contributed by atoms with Crippen molar-refractivity contribution in [2.75, 3.05) is 33.8 Å². The smallest absolute Gasteiger partial charge is 0.0558 e. The van der Waals surface area contributed by atoms with Crippen molar-refractivity contribution in [1.82, 2.24) is 10.2 Å². The SMILES string of the molecule is CNC(c1ccccc1)C(C)CN(C)CCO. The number of hydrogen-bond acceptors (Lipinski definition) is 3. The molecule has 0 aliphatic rings. The quantitative estimate of drug-likeness (QED) is 0.753. The van der Waals surface area contributed by atoms with Crippen LogP contribution < -0.4 is 5.32 Å². The number of aliphatic hydroxyl groups excluding tert-OH is 1. The maximum atomic E-state index is 8.91. The molecule has 2 unspecified atom stereocenters. The van der Waals surface area contributed by atoms with Crippen molar-refractivity contribution in [2.24, 2.45) is 5.92 Å². The van der Waals surface area contributed by atoms with E-state index in [1.165, 1.54) is 5.56 Å². The van der Waals surface area contributed by atoms with Gasteiger partial charge in [-0.1, -0.05) is 37.3 Å². The summed E-state index contributed by atoms with van der Waals surface area (Å²) in [5.41, 5.74) is 1.32. The molecule has 0 aliphatic carbocycles. The van der Waals surface area contributed by atoms with Gasteiger partial charge >= 0.3 is 0 Å². The molecule has 0 bridgehead atoms. The van der Waals surface area contributed by atoms with Crippen LogP contribution in [-0.4, -0.2) is 43.8 Å². The Morgan fingerprint density at radius 1 is 1.29 bits per heavy atom. The summed E-state index contributed by atoms with van der Waals surface area (Å²) in [7, 11) is 4.05. The third kappa shape index (κ3) is 4.46. The second-order valence-electron chi connectivity index (χ2n) is 4.64. The molecule has 2 N–H and O–H groups in total. The van der Waals surface area contributed by atoms with E-state index in [9.17, 15) is 0 Å². The number of likely N-dealkylation sites (N-methyl/N-ethyl adjacent to an activating group) is 1. The minimum absolute atomic E-state index is 0.221. The molecule has 2 atom stereocenters. The fourth-order valence-corrected chi connectivity index (χ4v) is 2.30. The Bertz CT molecular complexity index is 302. The highest BCUT2D eigenvalue weighted by Gasteiger charge is 2.18. The zero-order chi connectivity index (χ0) is 12.7. The van der Waals surface area contributed by atoms with Gasteiger partial charge in [0.05, 0.1) is 6.61 Å². The Morgan fingerprint density at radius 2 is 1.94 bits per heavy atom. The summed E-state index contributed by atoms with van der Waals surface area (Å²) >= 11 is 0. The molecule has 0 saturated heterocycles. The van der Waals surface area contributed by atoms with Crippen molar-refractivity contribution in [2.45, 2.75) is 13.0 Å². The Hall–Kier alpha value is -0.900. The predicted octanol–water partition coefficient (Wildman–Crippen LogP) is 1.51. The molecule has 1 rings (SSSR count). The van der Waals surface area contributed by atoms with Crippen LogP contribution in [0.2, 0.25) is 0 Å². The summed E-state index contributed by atoms with van der Waals surface area (Å²) < 4.78 is 0. The Kier molecular flexibility index (Phi) is 6.19. The van der Waals surface area contributed by atoms with Crippen LogP contribution >= 0.6 is 0 Å². The van der Waals surface area contributed by atoms with E-state index in [4.69, 9.17) is 5.11 Å². The highest BCUT2D eigenvalue weighted by Crippen LogP contribution is 2.21. The van der Waals surface area contributed by atoms with Gasteiger partial charge in [-0.2, -0.15) is 0 Å². The van der Waals surface area contributed by atoms with Gasteiger partial charge < -0.3 is 15.3 Å². The molecule has 0 fully saturated rings. The van der Waals surface area contributed by atoms with E-state index >= 15 is 0 Å². The maximum absolute atomic E-state index is 8.91. The summed E-state index contributed by atoms with van der Waals surface area (Å²) in [5, 5.41) is 12.3. The van der Waals surface area contributed by atoms with Crippen LogP contribution in [0.3, 0.4) is 0 Å². The number of hydrogen-bond donors (Lipinski definition) is 2. The van der Waals surface area contributed by atoms with Crippen LogP contribution in [0.15, 0.2) is 30.3 Å². The molecule has 0 spiro atoms. The van der Waals surface area contributed by atoms with Crippen molar-refractivity contribution >= 4 is 0 Å². The molecule has 0 amide bonds. The van der Waals surface area contributed by atoms with Crippen LogP contribution in [0.1, 0.15) is 18.5 Å². The van der Waals surface area contributed by atoms with E-state index in [0.29, 0.717) is 12.0 Å². The third-order valence-electron chi connectivity index (χ3n) is 3.12. The average molecular weight is 236 g/mol. The van der Waals surface area contributed by atoms with Gasteiger partial charge in [-0.25, -0.2) is 0 Å². The molecule has 0 aromatic heterocycles. The lowest BCUT2D eigenvalue weighted by Crippen LogP contribution is -2.34. The zero-order valence-electron chi connectivity index (χ0n) is 11.1. The maximum Gasteiger partial charge on any atom is 0.0558 e. The number of rotatable bonds is 7. The number of nitrogens with one attached hydrogen (secondary N) is 1.